The lowest BCUT2D eigenvalue weighted by Crippen LogP contribution is -2.62. The van der Waals surface area contributed by atoms with Crippen molar-refractivity contribution in [3.05, 3.63) is 11.6 Å². The van der Waals surface area contributed by atoms with Crippen LogP contribution >= 0.6 is 0 Å². The van der Waals surface area contributed by atoms with Gasteiger partial charge in [0.15, 0.2) is 18.2 Å². The van der Waals surface area contributed by atoms with Crippen LogP contribution in [0.15, 0.2) is 11.6 Å². The maximum absolute atomic E-state index is 13.2. The van der Waals surface area contributed by atoms with E-state index in [1.807, 2.05) is 13.0 Å². The monoisotopic (exact) mass is 378 g/mol. The lowest BCUT2D eigenvalue weighted by molar-refractivity contribution is -0.183. The van der Waals surface area contributed by atoms with Gasteiger partial charge in [-0.15, -0.1) is 0 Å². The van der Waals surface area contributed by atoms with E-state index in [2.05, 4.69) is 13.8 Å². The molecule has 0 aromatic heterocycles. The summed E-state index contributed by atoms with van der Waals surface area (Å²) in [6, 6.07) is 0. The van der Waals surface area contributed by atoms with Gasteiger partial charge < -0.3 is 10.2 Å². The average Bonchev–Trinajstić information content (AvgIpc) is 2.87. The van der Waals surface area contributed by atoms with E-state index in [-0.39, 0.29) is 41.3 Å². The molecule has 0 radical (unpaired) electrons. The van der Waals surface area contributed by atoms with Crippen molar-refractivity contribution in [3.8, 4) is 0 Å². The molecular weight excluding hydrogens is 347 g/mol. The van der Waals surface area contributed by atoms with Gasteiger partial charge in [-0.05, 0) is 67.3 Å². The maximum atomic E-state index is 13.2. The van der Waals surface area contributed by atoms with Gasteiger partial charge in [0.25, 0.3) is 0 Å². The molecule has 0 amide bonds. The number of rotatable bonds is 2. The summed E-state index contributed by atoms with van der Waals surface area (Å²) in [5, 5.41) is 22.4. The van der Waals surface area contributed by atoms with Crippen LogP contribution in [-0.4, -0.2) is 40.2 Å². The molecule has 4 rings (SSSR count). The van der Waals surface area contributed by atoms with Gasteiger partial charge in [-0.1, -0.05) is 26.3 Å². The molecule has 0 aromatic rings. The smallest absolute Gasteiger partial charge is 0.195 e. The number of carbonyl (C=O) groups excluding carboxylic acids is 2. The standard InChI is InChI=1S/C22H31FO4/c1-12-8-14-15-5-7-22(27,18(26)11-23)21(15,3)10-17(25)19(14)20(2)6-4-13(24)9-16(12)20/h9,12,14-15,17,19,25,27H,4-8,10-11H2,1-3H3/t12-,14-,15-,17+,19+,20-,21+,22-/m0/s1. The summed E-state index contributed by atoms with van der Waals surface area (Å²) in [6.07, 6.45) is 4.52. The van der Waals surface area contributed by atoms with Gasteiger partial charge in [0.2, 0.25) is 0 Å². The van der Waals surface area contributed by atoms with Crippen LogP contribution in [0.5, 0.6) is 0 Å². The summed E-state index contributed by atoms with van der Waals surface area (Å²) >= 11 is 0. The Kier molecular flexibility index (Phi) is 4.25. The molecule has 2 N–H and O–H groups in total. The Morgan fingerprint density at radius 1 is 1.33 bits per heavy atom. The summed E-state index contributed by atoms with van der Waals surface area (Å²) < 4.78 is 13.2. The van der Waals surface area contributed by atoms with Crippen molar-refractivity contribution in [1.82, 2.24) is 0 Å². The van der Waals surface area contributed by atoms with Crippen molar-refractivity contribution in [3.63, 3.8) is 0 Å². The molecule has 0 heterocycles. The number of aliphatic hydroxyl groups is 2. The number of alkyl halides is 1. The van der Waals surface area contributed by atoms with Crippen LogP contribution in [0.25, 0.3) is 0 Å². The molecule has 27 heavy (non-hydrogen) atoms. The Hall–Kier alpha value is -1.07. The van der Waals surface area contributed by atoms with E-state index >= 15 is 0 Å². The number of hydrogen-bond acceptors (Lipinski definition) is 4. The second-order valence-electron chi connectivity index (χ2n) is 10.1. The highest BCUT2D eigenvalue weighted by atomic mass is 19.1. The zero-order valence-corrected chi connectivity index (χ0v) is 16.5. The second kappa shape index (κ2) is 5.96. The molecular formula is C22H31FO4. The molecule has 0 aliphatic heterocycles. The molecule has 4 aliphatic carbocycles. The van der Waals surface area contributed by atoms with Crippen molar-refractivity contribution < 1.29 is 24.2 Å². The van der Waals surface area contributed by atoms with Crippen LogP contribution in [0.4, 0.5) is 4.39 Å². The minimum atomic E-state index is -1.68. The van der Waals surface area contributed by atoms with E-state index in [4.69, 9.17) is 0 Å². The molecule has 8 atom stereocenters. The molecule has 0 unspecified atom stereocenters. The summed E-state index contributed by atoms with van der Waals surface area (Å²) in [5.41, 5.74) is -1.53. The predicted molar refractivity (Wildman–Crippen MR) is 98.6 cm³/mol. The number of Topliss-reactive ketones (excluding diaryl/α,β-unsaturated/α-hetero) is 1. The first kappa shape index (κ1) is 19.3. The van der Waals surface area contributed by atoms with Gasteiger partial charge in [-0.3, -0.25) is 9.59 Å². The molecule has 0 spiro atoms. The Labute approximate surface area is 160 Å². The Morgan fingerprint density at radius 3 is 2.70 bits per heavy atom. The van der Waals surface area contributed by atoms with Gasteiger partial charge >= 0.3 is 0 Å². The van der Waals surface area contributed by atoms with Gasteiger partial charge in [0.05, 0.1) is 6.10 Å². The maximum Gasteiger partial charge on any atom is 0.195 e. The molecule has 150 valence electrons. The third-order valence-corrected chi connectivity index (χ3v) is 8.95. The summed E-state index contributed by atoms with van der Waals surface area (Å²) in [7, 11) is 0. The minimum absolute atomic E-state index is 0.0222. The lowest BCUT2D eigenvalue weighted by Gasteiger charge is -2.61. The fourth-order valence-electron chi connectivity index (χ4n) is 7.69. The molecule has 4 aliphatic rings. The highest BCUT2D eigenvalue weighted by Gasteiger charge is 2.68. The van der Waals surface area contributed by atoms with E-state index in [1.165, 1.54) is 0 Å². The van der Waals surface area contributed by atoms with Crippen LogP contribution in [0.1, 0.15) is 59.3 Å². The van der Waals surface area contributed by atoms with Crippen molar-refractivity contribution in [2.45, 2.75) is 71.0 Å². The first-order valence-electron chi connectivity index (χ1n) is 10.3. The van der Waals surface area contributed by atoms with Gasteiger partial charge in [0, 0.05) is 11.8 Å². The van der Waals surface area contributed by atoms with Crippen LogP contribution in [0, 0.1) is 34.5 Å². The van der Waals surface area contributed by atoms with E-state index < -0.39 is 29.6 Å². The van der Waals surface area contributed by atoms with Crippen molar-refractivity contribution >= 4 is 11.6 Å². The molecule has 3 fully saturated rings. The number of hydrogen-bond donors (Lipinski definition) is 2. The summed E-state index contributed by atoms with van der Waals surface area (Å²) in [6.45, 7) is 5.04. The molecule has 5 heteroatoms. The van der Waals surface area contributed by atoms with Crippen molar-refractivity contribution in [2.24, 2.45) is 34.5 Å². The SMILES string of the molecule is C[C@H]1C[C@@H]2[C@H]([C@H](O)C[C@]3(C)[C@H]2CC[C@]3(O)C(=O)CF)[C@@]2(C)CCC(=O)C=C12. The number of carbonyl (C=O) groups is 2. The zero-order chi connectivity index (χ0) is 19.8. The summed E-state index contributed by atoms with van der Waals surface area (Å²) in [5.74, 6) is -0.0475. The highest BCUT2D eigenvalue weighted by molar-refractivity contribution is 5.92. The number of fused-ring (bicyclic) bond motifs is 5. The molecule has 0 saturated heterocycles. The number of halogens is 1. The number of ketones is 2. The average molecular weight is 378 g/mol. The second-order valence-corrected chi connectivity index (χ2v) is 10.1. The lowest BCUT2D eigenvalue weighted by atomic mass is 9.44. The molecule has 0 aromatic carbocycles. The quantitative estimate of drug-likeness (QED) is 0.775. The molecule has 4 nitrogen and oxygen atoms in total. The van der Waals surface area contributed by atoms with Crippen LogP contribution in [0.3, 0.4) is 0 Å². The first-order valence-corrected chi connectivity index (χ1v) is 10.3. The number of aliphatic hydroxyl groups excluding tert-OH is 1. The third-order valence-electron chi connectivity index (χ3n) is 8.95. The topological polar surface area (TPSA) is 74.6 Å². The Balaban J connectivity index is 1.77. The third kappa shape index (κ3) is 2.33. The Morgan fingerprint density at radius 2 is 2.04 bits per heavy atom. The molecule has 3 saturated carbocycles. The Bertz CT molecular complexity index is 717. The van der Waals surface area contributed by atoms with Crippen LogP contribution < -0.4 is 0 Å². The van der Waals surface area contributed by atoms with Gasteiger partial charge in [-0.25, -0.2) is 4.39 Å². The minimum Gasteiger partial charge on any atom is -0.393 e. The predicted octanol–water partition coefficient (Wildman–Crippen LogP) is 3.00. The normalized spacial score (nSPS) is 51.9. The summed E-state index contributed by atoms with van der Waals surface area (Å²) in [4.78, 5) is 24.3. The van der Waals surface area contributed by atoms with Gasteiger partial charge in [-0.2, -0.15) is 0 Å². The van der Waals surface area contributed by atoms with E-state index in [1.54, 1.807) is 0 Å². The first-order chi connectivity index (χ1) is 12.6. The van der Waals surface area contributed by atoms with Crippen molar-refractivity contribution in [1.29, 1.82) is 0 Å². The van der Waals surface area contributed by atoms with Gasteiger partial charge in [0.1, 0.15) is 5.60 Å². The van der Waals surface area contributed by atoms with E-state index in [9.17, 15) is 24.2 Å². The fraction of sp³-hybridized carbons (Fsp3) is 0.818. The molecule has 0 bridgehead atoms. The van der Waals surface area contributed by atoms with Crippen LogP contribution in [0.2, 0.25) is 0 Å². The van der Waals surface area contributed by atoms with E-state index in [0.717, 1.165) is 18.4 Å². The largest absolute Gasteiger partial charge is 0.393 e. The van der Waals surface area contributed by atoms with Crippen molar-refractivity contribution in [2.75, 3.05) is 6.67 Å². The zero-order valence-electron chi connectivity index (χ0n) is 16.5. The highest BCUT2D eigenvalue weighted by Crippen LogP contribution is 2.68. The van der Waals surface area contributed by atoms with Crippen LogP contribution in [-0.2, 0) is 9.59 Å². The fourth-order valence-corrected chi connectivity index (χ4v) is 7.69. The van der Waals surface area contributed by atoms with E-state index in [0.29, 0.717) is 19.3 Å². The number of allylic oxidation sites excluding steroid dienone is 1.